The van der Waals surface area contributed by atoms with Crippen molar-refractivity contribution in [2.45, 2.75) is 13.3 Å². The Balaban J connectivity index is -0.000000934. The maximum Gasteiger partial charge on any atom is 0.212 e. The van der Waals surface area contributed by atoms with Gasteiger partial charge in [-0.15, -0.1) is 0 Å². The van der Waals surface area contributed by atoms with Crippen LogP contribution in [0.15, 0.2) is 40.7 Å². The van der Waals surface area contributed by atoms with Crippen molar-refractivity contribution < 1.29 is 9.07 Å². The van der Waals surface area contributed by atoms with Crippen LogP contribution in [0, 0.1) is 5.41 Å². The van der Waals surface area contributed by atoms with Crippen LogP contribution in [0.2, 0.25) is 0 Å². The average molecular weight is 306 g/mol. The minimum Gasteiger partial charge on any atom is -0.398 e. The van der Waals surface area contributed by atoms with Crippen LogP contribution >= 0.6 is 0 Å². The molecular weight excluding hydrogens is 280 g/mol. The fourth-order valence-electron chi connectivity index (χ4n) is 1.85. The molecule has 0 saturated heterocycles. The number of nitrogens with zero attached hydrogens (tertiary/aromatic N) is 2. The van der Waals surface area contributed by atoms with Crippen molar-refractivity contribution in [3.05, 3.63) is 41.2 Å². The van der Waals surface area contributed by atoms with E-state index in [0.29, 0.717) is 29.9 Å². The second-order valence-corrected chi connectivity index (χ2v) is 4.29. The van der Waals surface area contributed by atoms with Gasteiger partial charge in [0.25, 0.3) is 0 Å². The van der Waals surface area contributed by atoms with Crippen LogP contribution in [0.3, 0.4) is 0 Å². The molecule has 2 rings (SSSR count). The van der Waals surface area contributed by atoms with E-state index in [9.17, 15) is 4.79 Å². The molecule has 0 fully saturated rings. The second kappa shape index (κ2) is 8.48. The predicted octanol–water partition coefficient (Wildman–Crippen LogP) is 2.22. The lowest BCUT2D eigenvalue weighted by Gasteiger charge is -2.09. The lowest BCUT2D eigenvalue weighted by atomic mass is 10.0. The highest BCUT2D eigenvalue weighted by atomic mass is 16.1. The molecule has 1 aliphatic rings. The summed E-state index contributed by atoms with van der Waals surface area (Å²) in [6.07, 6.45) is 8.24. The lowest BCUT2D eigenvalue weighted by molar-refractivity contribution is -0.105. The molecule has 22 heavy (non-hydrogen) atoms. The third-order valence-electron chi connectivity index (χ3n) is 2.80. The summed E-state index contributed by atoms with van der Waals surface area (Å²) in [6.45, 7) is 1.88. The van der Waals surface area contributed by atoms with Gasteiger partial charge in [-0.25, -0.2) is 4.98 Å². The van der Waals surface area contributed by atoms with Crippen LogP contribution in [0.25, 0.3) is 0 Å². The molecule has 0 saturated carbocycles. The molecule has 1 aliphatic heterocycles. The van der Waals surface area contributed by atoms with E-state index in [1.165, 1.54) is 19.3 Å². The standard InChI is InChI=1S/C14H15N5O.CH5N.3H2/c1-9-5-10(3-2-4-17-9)14(16)11-7-18-13(19-8-20)6-12(11)15;1-2;;;/h3-8,16H,2H2,1H3,(H3,15,18,19,20);2H2,1H3;3*1H. The number of carbonyl (C=O) groups excluding carboxylic acids is 1. The van der Waals surface area contributed by atoms with Gasteiger partial charge in [-0.05, 0) is 25.6 Å². The van der Waals surface area contributed by atoms with Gasteiger partial charge < -0.3 is 16.8 Å². The summed E-state index contributed by atoms with van der Waals surface area (Å²) in [5, 5.41) is 10.7. The Morgan fingerprint density at radius 3 is 2.86 bits per heavy atom. The summed E-state index contributed by atoms with van der Waals surface area (Å²) in [6, 6.07) is 1.53. The average Bonchev–Trinajstić information content (AvgIpc) is 2.74. The van der Waals surface area contributed by atoms with Crippen LogP contribution in [0.5, 0.6) is 0 Å². The Hall–Kier alpha value is -2.80. The Morgan fingerprint density at radius 1 is 1.50 bits per heavy atom. The van der Waals surface area contributed by atoms with Gasteiger partial charge in [-0.3, -0.25) is 15.2 Å². The topological polar surface area (TPSA) is 130 Å². The molecule has 0 aliphatic carbocycles. The number of anilines is 2. The Kier molecular flexibility index (Phi) is 6.65. The molecule has 2 heterocycles. The number of nitrogens with one attached hydrogen (secondary N) is 2. The quantitative estimate of drug-likeness (QED) is 0.501. The van der Waals surface area contributed by atoms with Crippen LogP contribution in [0.1, 0.15) is 23.2 Å². The molecule has 0 atom stereocenters. The molecule has 7 nitrogen and oxygen atoms in total. The summed E-state index contributed by atoms with van der Waals surface area (Å²) in [7, 11) is 1.50. The monoisotopic (exact) mass is 306 g/mol. The van der Waals surface area contributed by atoms with Crippen molar-refractivity contribution >= 4 is 29.8 Å². The van der Waals surface area contributed by atoms with Gasteiger partial charge >= 0.3 is 0 Å². The Bertz CT molecular complexity index is 659. The molecule has 6 N–H and O–H groups in total. The van der Waals surface area contributed by atoms with Crippen molar-refractivity contribution in [1.82, 2.24) is 4.98 Å². The second-order valence-electron chi connectivity index (χ2n) is 4.29. The maximum atomic E-state index is 10.4. The summed E-state index contributed by atoms with van der Waals surface area (Å²) in [5.74, 6) is 0.360. The van der Waals surface area contributed by atoms with Crippen LogP contribution in [0.4, 0.5) is 11.5 Å². The Labute approximate surface area is 133 Å². The first-order valence-electron chi connectivity index (χ1n) is 6.65. The molecule has 0 bridgehead atoms. The molecule has 1 aromatic heterocycles. The van der Waals surface area contributed by atoms with Gasteiger partial charge in [-0.2, -0.15) is 0 Å². The zero-order chi connectivity index (χ0) is 16.5. The first-order chi connectivity index (χ1) is 10.6. The van der Waals surface area contributed by atoms with Crippen molar-refractivity contribution in [1.29, 1.82) is 5.41 Å². The summed E-state index contributed by atoms with van der Waals surface area (Å²) < 4.78 is 0. The third-order valence-corrected chi connectivity index (χ3v) is 2.80. The van der Waals surface area contributed by atoms with E-state index in [2.05, 4.69) is 21.0 Å². The Morgan fingerprint density at radius 2 is 2.23 bits per heavy atom. The molecule has 0 spiro atoms. The normalized spacial score (nSPS) is 13.0. The van der Waals surface area contributed by atoms with Gasteiger partial charge in [0.05, 0.1) is 5.71 Å². The van der Waals surface area contributed by atoms with E-state index in [-0.39, 0.29) is 9.99 Å². The summed E-state index contributed by atoms with van der Waals surface area (Å²) in [4.78, 5) is 18.6. The van der Waals surface area contributed by atoms with E-state index >= 15 is 0 Å². The smallest absolute Gasteiger partial charge is 0.212 e. The number of allylic oxidation sites excluding steroid dienone is 4. The number of aromatic nitrogens is 1. The van der Waals surface area contributed by atoms with E-state index < -0.39 is 0 Å². The first kappa shape index (κ1) is 17.3. The molecule has 0 unspecified atom stereocenters. The molecule has 122 valence electrons. The van der Waals surface area contributed by atoms with Crippen molar-refractivity contribution in [2.24, 2.45) is 10.7 Å². The minimum absolute atomic E-state index is 0. The fourth-order valence-corrected chi connectivity index (χ4v) is 1.85. The summed E-state index contributed by atoms with van der Waals surface area (Å²) in [5.41, 5.74) is 13.2. The first-order valence-corrected chi connectivity index (χ1v) is 6.65. The minimum atomic E-state index is 0. The van der Waals surface area contributed by atoms with E-state index in [0.717, 1.165) is 11.3 Å². The molecule has 0 radical (unpaired) electrons. The van der Waals surface area contributed by atoms with Crippen molar-refractivity contribution in [2.75, 3.05) is 18.1 Å². The van der Waals surface area contributed by atoms with E-state index in [4.69, 9.17) is 11.1 Å². The van der Waals surface area contributed by atoms with Crippen molar-refractivity contribution in [3.63, 3.8) is 0 Å². The van der Waals surface area contributed by atoms with Gasteiger partial charge in [0, 0.05) is 46.1 Å². The molecule has 1 aromatic rings. The van der Waals surface area contributed by atoms with E-state index in [1.54, 1.807) is 6.21 Å². The largest absolute Gasteiger partial charge is 0.398 e. The molecule has 0 aromatic carbocycles. The van der Waals surface area contributed by atoms with Crippen LogP contribution < -0.4 is 16.8 Å². The number of pyridine rings is 1. The maximum absolute atomic E-state index is 10.4. The molecule has 1 amide bonds. The fraction of sp³-hybridized carbons (Fsp3) is 0.200. The number of carbonyl (C=O) groups is 1. The highest BCUT2D eigenvalue weighted by molar-refractivity contribution is 6.15. The highest BCUT2D eigenvalue weighted by Crippen LogP contribution is 2.20. The third kappa shape index (κ3) is 4.35. The number of nitrogen functional groups attached to an aromatic ring is 1. The molecule has 7 heteroatoms. The number of hydrogen-bond donors (Lipinski definition) is 4. The highest BCUT2D eigenvalue weighted by Gasteiger charge is 2.12. The predicted molar refractivity (Wildman–Crippen MR) is 96.6 cm³/mol. The molecular formula is C15H26N6O. The number of hydrogen-bond acceptors (Lipinski definition) is 6. The van der Waals surface area contributed by atoms with Gasteiger partial charge in [-0.1, -0.05) is 6.08 Å². The van der Waals surface area contributed by atoms with Gasteiger partial charge in [0.2, 0.25) is 6.41 Å². The number of rotatable bonds is 4. The van der Waals surface area contributed by atoms with E-state index in [1.807, 2.05) is 19.1 Å². The van der Waals surface area contributed by atoms with Crippen molar-refractivity contribution in [3.8, 4) is 0 Å². The summed E-state index contributed by atoms with van der Waals surface area (Å²) >= 11 is 0. The lowest BCUT2D eigenvalue weighted by Crippen LogP contribution is -2.08. The number of aliphatic imine (C=N–C) groups is 1. The van der Waals surface area contributed by atoms with Gasteiger partial charge in [0.15, 0.2) is 0 Å². The van der Waals surface area contributed by atoms with Crippen LogP contribution in [-0.4, -0.2) is 30.4 Å². The number of nitrogens with two attached hydrogens (primary N) is 2. The zero-order valence-corrected chi connectivity index (χ0v) is 12.6. The van der Waals surface area contributed by atoms with Gasteiger partial charge in [0.1, 0.15) is 5.82 Å². The zero-order valence-electron chi connectivity index (χ0n) is 12.6. The van der Waals surface area contributed by atoms with Crippen LogP contribution in [-0.2, 0) is 4.79 Å². The number of amides is 1. The SMILES string of the molecule is CC1=CC(C(=N)c2cnc(NC=O)cc2N)=CCC=N1.CN.[HH].[HH].[HH].